The second-order valence-electron chi connectivity index (χ2n) is 4.39. The summed E-state index contributed by atoms with van der Waals surface area (Å²) >= 11 is 0. The Kier molecular flexibility index (Phi) is 3.11. The van der Waals surface area contributed by atoms with E-state index in [1.54, 1.807) is 0 Å². The van der Waals surface area contributed by atoms with Crippen LogP contribution in [0.4, 0.5) is 8.78 Å². The summed E-state index contributed by atoms with van der Waals surface area (Å²) in [7, 11) is -4.10. The second-order valence-corrected chi connectivity index (χ2v) is 6.62. The van der Waals surface area contributed by atoms with E-state index in [9.17, 15) is 17.2 Å². The number of rotatable bonds is 2. The largest absolute Gasteiger partial charge is 0.222 e. The van der Waals surface area contributed by atoms with Crippen LogP contribution in [0.1, 0.15) is 25.7 Å². The Hall–Kier alpha value is -1.48. The molecule has 1 aromatic carbocycles. The van der Waals surface area contributed by atoms with Crippen molar-refractivity contribution < 1.29 is 17.2 Å². The lowest BCUT2D eigenvalue weighted by Crippen LogP contribution is -2.34. The number of halogens is 2. The van der Waals surface area contributed by atoms with E-state index >= 15 is 0 Å². The molecule has 0 aromatic heterocycles. The highest BCUT2D eigenvalue weighted by molar-refractivity contribution is 7.93. The Bertz CT molecular complexity index is 613. The van der Waals surface area contributed by atoms with E-state index in [-0.39, 0.29) is 12.8 Å². The summed E-state index contributed by atoms with van der Waals surface area (Å²) in [5, 5.41) is 9.13. The summed E-state index contributed by atoms with van der Waals surface area (Å²) in [5.41, 5.74) is 0. The zero-order chi connectivity index (χ0) is 13.4. The third-order valence-corrected chi connectivity index (χ3v) is 5.75. The van der Waals surface area contributed by atoms with Crippen molar-refractivity contribution >= 4 is 9.84 Å². The quantitative estimate of drug-likeness (QED) is 0.777. The van der Waals surface area contributed by atoms with Crippen molar-refractivity contribution in [3.63, 3.8) is 0 Å². The van der Waals surface area contributed by atoms with Crippen LogP contribution >= 0.6 is 0 Å². The normalized spacial score (nSPS) is 18.5. The molecule has 0 spiro atoms. The SMILES string of the molecule is N#CC1(S(=O)(=O)c2ccc(F)cc2F)CCCC1. The van der Waals surface area contributed by atoms with Crippen LogP contribution in [0.2, 0.25) is 0 Å². The van der Waals surface area contributed by atoms with E-state index in [0.717, 1.165) is 12.1 Å². The zero-order valence-electron chi connectivity index (χ0n) is 9.49. The first-order valence-electron chi connectivity index (χ1n) is 5.54. The van der Waals surface area contributed by atoms with Gasteiger partial charge in [-0.15, -0.1) is 0 Å². The molecule has 0 bridgehead atoms. The van der Waals surface area contributed by atoms with Gasteiger partial charge in [0.1, 0.15) is 16.5 Å². The molecule has 2 rings (SSSR count). The molecule has 0 saturated heterocycles. The molecule has 1 aliphatic carbocycles. The Balaban J connectivity index is 2.58. The average molecular weight is 271 g/mol. The standard InChI is InChI=1S/C12H11F2NO2S/c13-9-3-4-11(10(14)7-9)18(16,17)12(8-15)5-1-2-6-12/h3-4,7H,1-2,5-6H2. The number of sulfone groups is 1. The monoisotopic (exact) mass is 271 g/mol. The van der Waals surface area contributed by atoms with Gasteiger partial charge in [-0.25, -0.2) is 17.2 Å². The number of benzene rings is 1. The van der Waals surface area contributed by atoms with Gasteiger partial charge < -0.3 is 0 Å². The Morgan fingerprint density at radius 2 is 1.83 bits per heavy atom. The molecule has 0 N–H and O–H groups in total. The molecule has 0 radical (unpaired) electrons. The first kappa shape index (κ1) is 13.0. The lowest BCUT2D eigenvalue weighted by molar-refractivity contribution is 0.531. The Labute approximate surface area is 104 Å². The molecule has 1 aliphatic rings. The molecule has 0 heterocycles. The summed E-state index contributed by atoms with van der Waals surface area (Å²) in [4.78, 5) is -0.590. The van der Waals surface area contributed by atoms with Crippen LogP contribution in [0.15, 0.2) is 23.1 Å². The van der Waals surface area contributed by atoms with Gasteiger partial charge in [-0.3, -0.25) is 0 Å². The number of hydrogen-bond acceptors (Lipinski definition) is 3. The van der Waals surface area contributed by atoms with Gasteiger partial charge in [-0.1, -0.05) is 12.8 Å². The maximum atomic E-state index is 13.6. The van der Waals surface area contributed by atoms with Gasteiger partial charge in [-0.2, -0.15) is 5.26 Å². The molecular formula is C12H11F2NO2S. The van der Waals surface area contributed by atoms with Crippen LogP contribution in [-0.2, 0) is 9.84 Å². The maximum absolute atomic E-state index is 13.6. The van der Waals surface area contributed by atoms with Crippen LogP contribution in [0.25, 0.3) is 0 Å². The number of hydrogen-bond donors (Lipinski definition) is 0. The third-order valence-electron chi connectivity index (χ3n) is 3.31. The molecule has 3 nitrogen and oxygen atoms in total. The van der Waals surface area contributed by atoms with Crippen LogP contribution in [0, 0.1) is 23.0 Å². The molecule has 96 valence electrons. The topological polar surface area (TPSA) is 57.9 Å². The van der Waals surface area contributed by atoms with Gasteiger partial charge in [0.2, 0.25) is 0 Å². The summed E-state index contributed by atoms with van der Waals surface area (Å²) in [6, 6.07) is 4.10. The molecule has 0 amide bonds. The first-order valence-corrected chi connectivity index (χ1v) is 7.02. The molecule has 1 fully saturated rings. The van der Waals surface area contributed by atoms with Crippen molar-refractivity contribution in [2.45, 2.75) is 35.3 Å². The van der Waals surface area contributed by atoms with E-state index in [0.29, 0.717) is 18.9 Å². The fraction of sp³-hybridized carbons (Fsp3) is 0.417. The second kappa shape index (κ2) is 4.32. The fourth-order valence-corrected chi connectivity index (χ4v) is 4.22. The molecule has 6 heteroatoms. The minimum Gasteiger partial charge on any atom is -0.222 e. The molecule has 1 saturated carbocycles. The van der Waals surface area contributed by atoms with Gasteiger partial charge in [-0.05, 0) is 25.0 Å². The Morgan fingerprint density at radius 1 is 1.22 bits per heavy atom. The predicted octanol–water partition coefficient (Wildman–Crippen LogP) is 2.57. The van der Waals surface area contributed by atoms with Crippen molar-refractivity contribution in [2.24, 2.45) is 0 Å². The number of nitriles is 1. The lowest BCUT2D eigenvalue weighted by Gasteiger charge is -2.20. The van der Waals surface area contributed by atoms with Gasteiger partial charge in [0, 0.05) is 6.07 Å². The Morgan fingerprint density at radius 3 is 2.33 bits per heavy atom. The van der Waals surface area contributed by atoms with Crippen molar-refractivity contribution in [3.05, 3.63) is 29.8 Å². The molecule has 0 atom stereocenters. The van der Waals surface area contributed by atoms with Gasteiger partial charge in [0.15, 0.2) is 14.6 Å². The summed E-state index contributed by atoms with van der Waals surface area (Å²) in [5.74, 6) is -1.99. The van der Waals surface area contributed by atoms with E-state index in [1.165, 1.54) is 0 Å². The fourth-order valence-electron chi connectivity index (χ4n) is 2.29. The van der Waals surface area contributed by atoms with Crippen LogP contribution < -0.4 is 0 Å². The highest BCUT2D eigenvalue weighted by Gasteiger charge is 2.48. The van der Waals surface area contributed by atoms with E-state index in [2.05, 4.69) is 0 Å². The molecular weight excluding hydrogens is 260 g/mol. The lowest BCUT2D eigenvalue weighted by atomic mass is 10.1. The maximum Gasteiger partial charge on any atom is 0.200 e. The minimum atomic E-state index is -4.10. The van der Waals surface area contributed by atoms with Crippen molar-refractivity contribution in [1.29, 1.82) is 5.26 Å². The summed E-state index contributed by atoms with van der Waals surface area (Å²) in [6.07, 6.45) is 1.64. The molecule has 0 aliphatic heterocycles. The van der Waals surface area contributed by atoms with Crippen LogP contribution in [0.5, 0.6) is 0 Å². The van der Waals surface area contributed by atoms with Crippen molar-refractivity contribution in [3.8, 4) is 6.07 Å². The number of nitrogens with zero attached hydrogens (tertiary/aromatic N) is 1. The van der Waals surface area contributed by atoms with Crippen molar-refractivity contribution in [1.82, 2.24) is 0 Å². The van der Waals surface area contributed by atoms with E-state index < -0.39 is 31.1 Å². The van der Waals surface area contributed by atoms with Gasteiger partial charge in [0.25, 0.3) is 0 Å². The first-order chi connectivity index (χ1) is 8.43. The minimum absolute atomic E-state index is 0.197. The van der Waals surface area contributed by atoms with E-state index in [1.807, 2.05) is 6.07 Å². The van der Waals surface area contributed by atoms with E-state index in [4.69, 9.17) is 5.26 Å². The summed E-state index contributed by atoms with van der Waals surface area (Å²) in [6.45, 7) is 0. The van der Waals surface area contributed by atoms with Gasteiger partial charge in [0.05, 0.1) is 6.07 Å². The highest BCUT2D eigenvalue weighted by atomic mass is 32.2. The average Bonchev–Trinajstić information content (AvgIpc) is 2.78. The predicted molar refractivity (Wildman–Crippen MR) is 60.4 cm³/mol. The van der Waals surface area contributed by atoms with Crippen molar-refractivity contribution in [2.75, 3.05) is 0 Å². The summed E-state index contributed by atoms with van der Waals surface area (Å²) < 4.78 is 49.5. The smallest absolute Gasteiger partial charge is 0.200 e. The molecule has 1 aromatic rings. The molecule has 18 heavy (non-hydrogen) atoms. The highest BCUT2D eigenvalue weighted by Crippen LogP contribution is 2.40. The van der Waals surface area contributed by atoms with Gasteiger partial charge >= 0.3 is 0 Å². The molecule has 0 unspecified atom stereocenters. The zero-order valence-corrected chi connectivity index (χ0v) is 10.3. The van der Waals surface area contributed by atoms with Crippen LogP contribution in [0.3, 0.4) is 0 Å². The van der Waals surface area contributed by atoms with Crippen LogP contribution in [-0.4, -0.2) is 13.2 Å². The third kappa shape index (κ3) is 1.79.